The van der Waals surface area contributed by atoms with Gasteiger partial charge in [0.1, 0.15) is 0 Å². The number of hydrogen-bond donors (Lipinski definition) is 2. The van der Waals surface area contributed by atoms with Crippen LogP contribution in [0.2, 0.25) is 0 Å². The molecule has 0 saturated heterocycles. The van der Waals surface area contributed by atoms with Crippen LogP contribution in [-0.2, 0) is 36.1 Å². The van der Waals surface area contributed by atoms with Crippen molar-refractivity contribution in [2.24, 2.45) is 11.0 Å². The van der Waals surface area contributed by atoms with Crippen LogP contribution in [0.5, 0.6) is 0 Å². The molecule has 0 spiro atoms. The summed E-state index contributed by atoms with van der Waals surface area (Å²) in [6.07, 6.45) is 5.24. The lowest BCUT2D eigenvalue weighted by atomic mass is 9.82. The smallest absolute Gasteiger partial charge is 0.305 e. The second kappa shape index (κ2) is 16.5. The summed E-state index contributed by atoms with van der Waals surface area (Å²) in [6.45, 7) is 2.30. The van der Waals surface area contributed by atoms with Crippen LogP contribution >= 0.6 is 0 Å². The molecule has 262 valence electrons. The first-order valence-electron chi connectivity index (χ1n) is 17.0. The Morgan fingerprint density at radius 1 is 1.02 bits per heavy atom. The van der Waals surface area contributed by atoms with Crippen LogP contribution in [0.25, 0.3) is 0 Å². The Kier molecular flexibility index (Phi) is 11.9. The van der Waals surface area contributed by atoms with Crippen molar-refractivity contribution < 1.29 is 34.1 Å². The number of unbranched alkanes of at least 4 members (excludes halogenated alkanes) is 1. The minimum Gasteiger partial charge on any atom is -0.469 e. The lowest BCUT2D eigenvalue weighted by Crippen LogP contribution is -2.44. The highest BCUT2D eigenvalue weighted by atomic mass is 16.5. The van der Waals surface area contributed by atoms with E-state index < -0.39 is 17.4 Å². The van der Waals surface area contributed by atoms with Crippen LogP contribution in [0.1, 0.15) is 62.1 Å². The fraction of sp³-hybridized carbons (Fsp3) is 0.359. The molecule has 2 aliphatic heterocycles. The maximum Gasteiger partial charge on any atom is 0.305 e. The summed E-state index contributed by atoms with van der Waals surface area (Å²) in [5.74, 6) is -2.04. The average Bonchev–Trinajstić information content (AvgIpc) is 3.35. The Hall–Kier alpha value is -5.13. The Morgan fingerprint density at radius 3 is 2.44 bits per heavy atom. The lowest BCUT2D eigenvalue weighted by Gasteiger charge is -2.29. The number of amides is 3. The van der Waals surface area contributed by atoms with Gasteiger partial charge in [-0.1, -0.05) is 79.7 Å². The van der Waals surface area contributed by atoms with Gasteiger partial charge in [-0.25, -0.2) is 5.01 Å². The molecule has 11 heteroatoms. The third kappa shape index (κ3) is 8.01. The van der Waals surface area contributed by atoms with Crippen molar-refractivity contribution in [3.05, 3.63) is 108 Å². The zero-order valence-electron chi connectivity index (χ0n) is 28.5. The second-order valence-corrected chi connectivity index (χ2v) is 12.5. The third-order valence-electron chi connectivity index (χ3n) is 9.19. The number of aliphatic hydroxyl groups excluding tert-OH is 1. The lowest BCUT2D eigenvalue weighted by molar-refractivity contribution is -0.140. The van der Waals surface area contributed by atoms with E-state index in [-0.39, 0.29) is 56.7 Å². The molecular formula is C39H44N4O7. The topological polar surface area (TPSA) is 140 Å². The van der Waals surface area contributed by atoms with Gasteiger partial charge in [0.2, 0.25) is 11.8 Å². The van der Waals surface area contributed by atoms with E-state index in [2.05, 4.69) is 5.10 Å². The molecule has 3 aromatic carbocycles. The molecule has 0 bridgehead atoms. The number of aliphatic hydroxyl groups is 2. The fourth-order valence-electron chi connectivity index (χ4n) is 6.38. The van der Waals surface area contributed by atoms with Crippen molar-refractivity contribution in [2.45, 2.75) is 57.6 Å². The SMILES string of the molecule is COC(=O)CCCCN1C(=O)[C@@](O)([C@@H](C)/C=C/CC(=O)N(CCO)Cc2ccccc2)c2cc(N3N=C(c4ccccc4)CCC3=O)ccc21. The van der Waals surface area contributed by atoms with Crippen molar-refractivity contribution >= 4 is 40.8 Å². The molecule has 0 aromatic heterocycles. The largest absolute Gasteiger partial charge is 0.469 e. The van der Waals surface area contributed by atoms with E-state index in [1.165, 1.54) is 17.0 Å². The highest BCUT2D eigenvalue weighted by Crippen LogP contribution is 2.47. The van der Waals surface area contributed by atoms with Gasteiger partial charge in [-0.2, -0.15) is 5.10 Å². The molecule has 2 N–H and O–H groups in total. The van der Waals surface area contributed by atoms with Gasteiger partial charge in [0.05, 0.1) is 30.8 Å². The molecule has 0 saturated carbocycles. The van der Waals surface area contributed by atoms with Crippen molar-refractivity contribution in [3.8, 4) is 0 Å². The molecule has 0 unspecified atom stereocenters. The van der Waals surface area contributed by atoms with Gasteiger partial charge in [-0.3, -0.25) is 19.2 Å². The van der Waals surface area contributed by atoms with E-state index in [0.717, 1.165) is 16.8 Å². The van der Waals surface area contributed by atoms with E-state index in [1.807, 2.05) is 60.7 Å². The van der Waals surface area contributed by atoms with Crippen LogP contribution < -0.4 is 9.91 Å². The van der Waals surface area contributed by atoms with Gasteiger partial charge in [-0.15, -0.1) is 0 Å². The highest BCUT2D eigenvalue weighted by molar-refractivity contribution is 6.10. The highest BCUT2D eigenvalue weighted by Gasteiger charge is 2.52. The van der Waals surface area contributed by atoms with Gasteiger partial charge in [-0.05, 0) is 42.2 Å². The molecular weight excluding hydrogens is 636 g/mol. The monoisotopic (exact) mass is 680 g/mol. The molecule has 0 fully saturated rings. The molecule has 2 heterocycles. The zero-order chi connectivity index (χ0) is 35.7. The first-order valence-corrected chi connectivity index (χ1v) is 17.0. The zero-order valence-corrected chi connectivity index (χ0v) is 28.5. The van der Waals surface area contributed by atoms with Crippen molar-refractivity contribution in [3.63, 3.8) is 0 Å². The van der Waals surface area contributed by atoms with E-state index >= 15 is 0 Å². The van der Waals surface area contributed by atoms with E-state index in [9.17, 15) is 29.4 Å². The Morgan fingerprint density at radius 2 is 1.74 bits per heavy atom. The molecule has 5 rings (SSSR count). The van der Waals surface area contributed by atoms with Crippen molar-refractivity contribution in [2.75, 3.05) is 36.7 Å². The van der Waals surface area contributed by atoms with E-state index in [1.54, 1.807) is 42.2 Å². The number of hydrogen-bond acceptors (Lipinski definition) is 8. The van der Waals surface area contributed by atoms with Gasteiger partial charge in [0.25, 0.3) is 5.91 Å². The number of carbonyl (C=O) groups excluding carboxylic acids is 4. The first-order chi connectivity index (χ1) is 24.2. The number of anilines is 2. The Bertz CT molecular complexity index is 1740. The number of nitrogens with zero attached hydrogens (tertiary/aromatic N) is 4. The summed E-state index contributed by atoms with van der Waals surface area (Å²) in [4.78, 5) is 55.2. The van der Waals surface area contributed by atoms with Gasteiger partial charge >= 0.3 is 5.97 Å². The average molecular weight is 681 g/mol. The predicted molar refractivity (Wildman–Crippen MR) is 190 cm³/mol. The number of carbonyl (C=O) groups is 4. The molecule has 2 aliphatic rings. The summed E-state index contributed by atoms with van der Waals surface area (Å²) >= 11 is 0. The predicted octanol–water partition coefficient (Wildman–Crippen LogP) is 4.70. The normalized spacial score (nSPS) is 17.9. The first kappa shape index (κ1) is 36.2. The van der Waals surface area contributed by atoms with E-state index in [0.29, 0.717) is 42.7 Å². The number of benzene rings is 3. The number of fused-ring (bicyclic) bond motifs is 1. The molecule has 50 heavy (non-hydrogen) atoms. The Balaban J connectivity index is 1.42. The van der Waals surface area contributed by atoms with Crippen LogP contribution in [-0.4, -0.2) is 71.3 Å². The minimum atomic E-state index is -2.01. The molecule has 3 amide bonds. The summed E-state index contributed by atoms with van der Waals surface area (Å²) in [6, 6.07) is 24.2. The van der Waals surface area contributed by atoms with Crippen molar-refractivity contribution in [1.82, 2.24) is 4.90 Å². The number of hydrazone groups is 1. The number of ether oxygens (including phenoxy) is 1. The second-order valence-electron chi connectivity index (χ2n) is 12.5. The minimum absolute atomic E-state index is 0.00480. The molecule has 11 nitrogen and oxygen atoms in total. The standard InChI is InChI=1S/C39H44N4O7/c1-28(12-11-17-35(45)41(24-25-44)27-29-13-5-3-6-14-29)39(49)32-26-31(43-36(46)22-20-33(40-43)30-15-7-4-8-16-30)19-21-34(32)42(38(39)48)23-10-9-18-37(47)50-2/h3-8,11-16,19,21,26,28,44,49H,9-10,17-18,20,22-25,27H2,1-2H3/b12-11+/t28-,39+/m0/s1. The van der Waals surface area contributed by atoms with E-state index in [4.69, 9.17) is 4.74 Å². The summed E-state index contributed by atoms with van der Waals surface area (Å²) in [5.41, 5.74) is 1.85. The van der Waals surface area contributed by atoms with Gasteiger partial charge < -0.3 is 24.7 Å². The van der Waals surface area contributed by atoms with Crippen LogP contribution in [0.15, 0.2) is 96.1 Å². The summed E-state index contributed by atoms with van der Waals surface area (Å²) in [5, 5.41) is 27.9. The van der Waals surface area contributed by atoms with Crippen LogP contribution in [0.4, 0.5) is 11.4 Å². The molecule has 0 radical (unpaired) electrons. The quantitative estimate of drug-likeness (QED) is 0.135. The van der Waals surface area contributed by atoms with Crippen LogP contribution in [0.3, 0.4) is 0 Å². The molecule has 0 aliphatic carbocycles. The fourth-order valence-corrected chi connectivity index (χ4v) is 6.38. The number of rotatable bonds is 15. The van der Waals surface area contributed by atoms with Crippen molar-refractivity contribution in [1.29, 1.82) is 0 Å². The van der Waals surface area contributed by atoms with Crippen LogP contribution in [0, 0.1) is 5.92 Å². The Labute approximate surface area is 292 Å². The maximum atomic E-state index is 14.1. The summed E-state index contributed by atoms with van der Waals surface area (Å²) in [7, 11) is 1.33. The number of methoxy groups -OCH3 is 1. The third-order valence-corrected chi connectivity index (χ3v) is 9.19. The maximum absolute atomic E-state index is 14.1. The molecule has 3 aromatic rings. The van der Waals surface area contributed by atoms with Gasteiger partial charge in [0.15, 0.2) is 5.60 Å². The number of esters is 1. The van der Waals surface area contributed by atoms with Gasteiger partial charge in [0, 0.05) is 56.8 Å². The summed E-state index contributed by atoms with van der Waals surface area (Å²) < 4.78 is 4.74. The molecule has 2 atom stereocenters.